The van der Waals surface area contributed by atoms with Gasteiger partial charge in [0.05, 0.1) is 0 Å². The van der Waals surface area contributed by atoms with E-state index in [0.717, 1.165) is 42.0 Å². The van der Waals surface area contributed by atoms with Crippen LogP contribution in [0.4, 0.5) is 5.69 Å². The monoisotopic (exact) mass is 525 g/mol. The van der Waals surface area contributed by atoms with Crippen molar-refractivity contribution in [3.8, 4) is 6.07 Å². The van der Waals surface area contributed by atoms with Crippen molar-refractivity contribution in [1.82, 2.24) is 0 Å². The fourth-order valence-corrected chi connectivity index (χ4v) is 4.28. The fourth-order valence-electron chi connectivity index (χ4n) is 4.28. The van der Waals surface area contributed by atoms with E-state index in [1.165, 1.54) is 0 Å². The molecule has 1 unspecified atom stereocenters. The third kappa shape index (κ3) is 9.53. The summed E-state index contributed by atoms with van der Waals surface area (Å²) in [7, 11) is 0. The lowest BCUT2D eigenvalue weighted by Gasteiger charge is -2.40. The van der Waals surface area contributed by atoms with Crippen molar-refractivity contribution in [1.29, 1.82) is 5.26 Å². The summed E-state index contributed by atoms with van der Waals surface area (Å²) in [6.07, 6.45) is 2.59. The lowest BCUT2D eigenvalue weighted by atomic mass is 9.66. The van der Waals surface area contributed by atoms with Crippen molar-refractivity contribution in [2.75, 3.05) is 11.4 Å². The Labute approximate surface area is 234 Å². The summed E-state index contributed by atoms with van der Waals surface area (Å²) in [5.41, 5.74) is 9.85. The molecule has 2 heterocycles. The number of carbonyl (C=O) groups excluding carboxylic acids is 1. The molecule has 1 aromatic rings. The minimum absolute atomic E-state index is 0.175. The number of rotatable bonds is 4. The molecule has 1 amide bonds. The van der Waals surface area contributed by atoms with Crippen LogP contribution in [0.15, 0.2) is 47.1 Å². The van der Waals surface area contributed by atoms with E-state index in [2.05, 4.69) is 61.5 Å². The Kier molecular flexibility index (Phi) is 14.5. The molecule has 2 N–H and O–H groups in total. The number of ether oxygens (including phenoxy) is 1. The molecule has 1 fully saturated rings. The first kappa shape index (κ1) is 35.3. The first-order valence-corrected chi connectivity index (χ1v) is 14.4. The summed E-state index contributed by atoms with van der Waals surface area (Å²) in [4.78, 5) is 14.1. The van der Waals surface area contributed by atoms with E-state index in [0.29, 0.717) is 23.3 Å². The van der Waals surface area contributed by atoms with Gasteiger partial charge in [0.2, 0.25) is 11.8 Å². The zero-order valence-electron chi connectivity index (χ0n) is 26.6. The Morgan fingerprint density at radius 2 is 1.50 bits per heavy atom. The standard InChI is InChI=1S/C24H31N3O2.C5H12.2C2H6/c1-15(2)24(4,5)22-16(3)29-23(26)19(14-25)21(22)17-9-11-18(12-10-17)27-13-7-6-8-20(27)28;1-5(2,3)4;2*1-2/h9-12,15,21H,6-8,13,26H2,1-5H3;1-4H3;2*1-2H3. The molecular formula is C33H55N3O2. The Bertz CT molecular complexity index is 981. The third-order valence-corrected chi connectivity index (χ3v) is 6.60. The molecule has 0 aromatic heterocycles. The zero-order valence-corrected chi connectivity index (χ0v) is 26.6. The first-order valence-electron chi connectivity index (χ1n) is 14.4. The highest BCUT2D eigenvalue weighted by Gasteiger charge is 2.41. The summed E-state index contributed by atoms with van der Waals surface area (Å²) >= 11 is 0. The predicted molar refractivity (Wildman–Crippen MR) is 162 cm³/mol. The predicted octanol–water partition coefficient (Wildman–Crippen LogP) is 9.07. The highest BCUT2D eigenvalue weighted by atomic mass is 16.5. The van der Waals surface area contributed by atoms with Gasteiger partial charge < -0.3 is 15.4 Å². The average Bonchev–Trinajstić information content (AvgIpc) is 2.85. The Morgan fingerprint density at radius 3 is 1.92 bits per heavy atom. The van der Waals surface area contributed by atoms with Crippen LogP contribution >= 0.6 is 0 Å². The van der Waals surface area contributed by atoms with E-state index < -0.39 is 0 Å². The summed E-state index contributed by atoms with van der Waals surface area (Å²) in [5, 5.41) is 9.85. The number of anilines is 1. The van der Waals surface area contributed by atoms with Crippen LogP contribution in [0.3, 0.4) is 0 Å². The van der Waals surface area contributed by atoms with Gasteiger partial charge in [-0.3, -0.25) is 4.79 Å². The van der Waals surface area contributed by atoms with Gasteiger partial charge in [-0.1, -0.05) is 95.2 Å². The molecule has 2 aliphatic heterocycles. The van der Waals surface area contributed by atoms with Gasteiger partial charge in [-0.2, -0.15) is 5.26 Å². The van der Waals surface area contributed by atoms with E-state index in [1.807, 2.05) is 63.8 Å². The zero-order chi connectivity index (χ0) is 29.8. The van der Waals surface area contributed by atoms with Gasteiger partial charge in [-0.25, -0.2) is 0 Å². The van der Waals surface area contributed by atoms with E-state index in [-0.39, 0.29) is 23.1 Å². The number of nitrogens with zero attached hydrogens (tertiary/aromatic N) is 2. The maximum Gasteiger partial charge on any atom is 0.226 e. The molecule has 1 saturated heterocycles. The maximum absolute atomic E-state index is 12.3. The summed E-state index contributed by atoms with van der Waals surface area (Å²) < 4.78 is 5.79. The van der Waals surface area contributed by atoms with Gasteiger partial charge in [0.1, 0.15) is 17.4 Å². The van der Waals surface area contributed by atoms with Crippen molar-refractivity contribution < 1.29 is 9.53 Å². The van der Waals surface area contributed by atoms with E-state index >= 15 is 0 Å². The van der Waals surface area contributed by atoms with Crippen LogP contribution in [0.25, 0.3) is 0 Å². The average molecular weight is 526 g/mol. The largest absolute Gasteiger partial charge is 0.445 e. The normalized spacial score (nSPS) is 17.8. The molecule has 214 valence electrons. The van der Waals surface area contributed by atoms with Crippen LogP contribution in [0.5, 0.6) is 0 Å². The van der Waals surface area contributed by atoms with Gasteiger partial charge in [0.15, 0.2) is 0 Å². The molecule has 0 spiro atoms. The van der Waals surface area contributed by atoms with Gasteiger partial charge in [-0.15, -0.1) is 0 Å². The van der Waals surface area contributed by atoms with Gasteiger partial charge in [0, 0.05) is 24.6 Å². The topological polar surface area (TPSA) is 79.4 Å². The number of hydrogen-bond acceptors (Lipinski definition) is 4. The number of nitriles is 1. The fraction of sp³-hybridized carbons (Fsp3) is 0.636. The Hall–Kier alpha value is -2.74. The first-order chi connectivity index (χ1) is 17.7. The summed E-state index contributed by atoms with van der Waals surface area (Å²) in [6.45, 7) is 28.2. The van der Waals surface area contributed by atoms with E-state index in [4.69, 9.17) is 10.5 Å². The minimum atomic E-state index is -0.253. The molecule has 38 heavy (non-hydrogen) atoms. The maximum atomic E-state index is 12.3. The second kappa shape index (κ2) is 15.6. The van der Waals surface area contributed by atoms with Crippen LogP contribution < -0.4 is 10.6 Å². The van der Waals surface area contributed by atoms with Gasteiger partial charge in [-0.05, 0) is 59.8 Å². The van der Waals surface area contributed by atoms with Crippen molar-refractivity contribution in [3.05, 3.63) is 52.6 Å². The van der Waals surface area contributed by atoms with Crippen molar-refractivity contribution >= 4 is 11.6 Å². The Morgan fingerprint density at radius 1 is 1.00 bits per heavy atom. The lowest BCUT2D eigenvalue weighted by Crippen LogP contribution is -2.35. The highest BCUT2D eigenvalue weighted by molar-refractivity contribution is 5.94. The lowest BCUT2D eigenvalue weighted by molar-refractivity contribution is -0.119. The molecular weight excluding hydrogens is 470 g/mol. The van der Waals surface area contributed by atoms with E-state index in [9.17, 15) is 10.1 Å². The van der Waals surface area contributed by atoms with Crippen molar-refractivity contribution in [2.45, 2.75) is 115 Å². The highest BCUT2D eigenvalue weighted by Crippen LogP contribution is 2.50. The van der Waals surface area contributed by atoms with Crippen molar-refractivity contribution in [3.63, 3.8) is 0 Å². The molecule has 0 aliphatic carbocycles. The van der Waals surface area contributed by atoms with Crippen LogP contribution in [0.1, 0.15) is 121 Å². The van der Waals surface area contributed by atoms with Crippen molar-refractivity contribution in [2.24, 2.45) is 22.5 Å². The number of amides is 1. The molecule has 1 aromatic carbocycles. The second-order valence-corrected chi connectivity index (χ2v) is 11.9. The molecule has 5 heteroatoms. The second-order valence-electron chi connectivity index (χ2n) is 11.9. The van der Waals surface area contributed by atoms with Crippen LogP contribution in [-0.4, -0.2) is 12.5 Å². The van der Waals surface area contributed by atoms with Crippen LogP contribution in [0.2, 0.25) is 0 Å². The number of allylic oxidation sites excluding steroid dienone is 3. The van der Waals surface area contributed by atoms with Gasteiger partial charge >= 0.3 is 0 Å². The molecule has 2 aliphatic rings. The minimum Gasteiger partial charge on any atom is -0.445 e. The number of nitrogens with two attached hydrogens (primary N) is 1. The van der Waals surface area contributed by atoms with E-state index in [1.54, 1.807) is 0 Å². The Balaban J connectivity index is 0.00000134. The van der Waals surface area contributed by atoms with Crippen LogP contribution in [0, 0.1) is 28.1 Å². The molecule has 0 radical (unpaired) electrons. The molecule has 0 saturated carbocycles. The molecule has 0 bridgehead atoms. The third-order valence-electron chi connectivity index (χ3n) is 6.60. The molecule has 1 atom stereocenters. The van der Waals surface area contributed by atoms with Gasteiger partial charge in [0.25, 0.3) is 0 Å². The number of benzene rings is 1. The SMILES string of the molecule is CC.CC.CC(C)(C)C.CC1=C(C(C)(C)C(C)C)C(c2ccc(N3CCCCC3=O)cc2)C(C#N)=C(N)O1. The quantitative estimate of drug-likeness (QED) is 0.425. The number of carbonyl (C=O) groups is 1. The number of piperidine rings is 1. The van der Waals surface area contributed by atoms with Crippen LogP contribution in [-0.2, 0) is 9.53 Å². The number of hydrogen-bond donors (Lipinski definition) is 1. The molecule has 5 nitrogen and oxygen atoms in total. The summed E-state index contributed by atoms with van der Waals surface area (Å²) in [5.74, 6) is 1.21. The summed E-state index contributed by atoms with van der Waals surface area (Å²) in [6, 6.07) is 10.3. The molecule has 3 rings (SSSR count). The smallest absolute Gasteiger partial charge is 0.226 e.